The summed E-state index contributed by atoms with van der Waals surface area (Å²) in [4.78, 5) is 11.7. The molecule has 22 heavy (non-hydrogen) atoms. The second-order valence-electron chi connectivity index (χ2n) is 4.42. The number of benzene rings is 2. The molecule has 6 heteroatoms. The number of methoxy groups -OCH3 is 1. The summed E-state index contributed by atoms with van der Waals surface area (Å²) >= 11 is 2.21. The first-order chi connectivity index (χ1) is 10.7. The van der Waals surface area contributed by atoms with Crippen LogP contribution in [0.1, 0.15) is 0 Å². The number of carbonyl (C=O) groups is 1. The van der Waals surface area contributed by atoms with Crippen LogP contribution >= 0.6 is 22.6 Å². The van der Waals surface area contributed by atoms with Crippen molar-refractivity contribution in [2.45, 2.75) is 0 Å². The number of hydrogen-bond acceptors (Lipinski definition) is 3. The average Bonchev–Trinajstić information content (AvgIpc) is 2.54. The highest BCUT2D eigenvalue weighted by molar-refractivity contribution is 14.1. The summed E-state index contributed by atoms with van der Waals surface area (Å²) in [6.07, 6.45) is 0. The molecule has 2 aromatic carbocycles. The molecule has 0 heterocycles. The van der Waals surface area contributed by atoms with Crippen LogP contribution < -0.4 is 20.1 Å². The van der Waals surface area contributed by atoms with E-state index in [1.165, 1.54) is 0 Å². The molecule has 0 unspecified atom stereocenters. The highest BCUT2D eigenvalue weighted by Gasteiger charge is 2.01. The van der Waals surface area contributed by atoms with Crippen molar-refractivity contribution in [2.75, 3.05) is 25.6 Å². The van der Waals surface area contributed by atoms with E-state index in [4.69, 9.17) is 9.47 Å². The minimum absolute atomic E-state index is 0.254. The van der Waals surface area contributed by atoms with Gasteiger partial charge in [-0.3, -0.25) is 0 Å². The lowest BCUT2D eigenvalue weighted by Gasteiger charge is -2.10. The van der Waals surface area contributed by atoms with Gasteiger partial charge in [0.1, 0.15) is 18.1 Å². The maximum atomic E-state index is 11.7. The van der Waals surface area contributed by atoms with E-state index in [9.17, 15) is 4.79 Å². The van der Waals surface area contributed by atoms with Gasteiger partial charge in [-0.25, -0.2) is 4.79 Å². The normalized spacial score (nSPS) is 9.91. The van der Waals surface area contributed by atoms with Gasteiger partial charge in [-0.05, 0) is 59.0 Å². The molecule has 2 N–H and O–H groups in total. The zero-order valence-electron chi connectivity index (χ0n) is 12.1. The Kier molecular flexibility index (Phi) is 6.32. The van der Waals surface area contributed by atoms with Gasteiger partial charge < -0.3 is 20.1 Å². The summed E-state index contributed by atoms with van der Waals surface area (Å²) in [5, 5.41) is 5.49. The van der Waals surface area contributed by atoms with E-state index in [0.29, 0.717) is 18.9 Å². The van der Waals surface area contributed by atoms with Crippen molar-refractivity contribution >= 4 is 34.3 Å². The smallest absolute Gasteiger partial charge is 0.319 e. The van der Waals surface area contributed by atoms with Crippen molar-refractivity contribution in [3.63, 3.8) is 0 Å². The van der Waals surface area contributed by atoms with Crippen LogP contribution in [0.3, 0.4) is 0 Å². The third kappa shape index (κ3) is 5.44. The summed E-state index contributed by atoms with van der Waals surface area (Å²) in [6.45, 7) is 0.792. The number of carbonyl (C=O) groups excluding carboxylic acids is 1. The van der Waals surface area contributed by atoms with E-state index < -0.39 is 0 Å². The number of rotatable bonds is 6. The summed E-state index contributed by atoms with van der Waals surface area (Å²) < 4.78 is 11.8. The molecule has 0 aliphatic heterocycles. The molecular formula is C16H17IN2O3. The Hall–Kier alpha value is -1.96. The Balaban J connectivity index is 1.69. The SMILES string of the molecule is COc1cccc(OCCNC(=O)Nc2ccc(I)cc2)c1. The van der Waals surface area contributed by atoms with Gasteiger partial charge in [0.05, 0.1) is 13.7 Å². The Bertz CT molecular complexity index is 617. The van der Waals surface area contributed by atoms with Crippen LogP contribution in [-0.4, -0.2) is 26.3 Å². The summed E-state index contributed by atoms with van der Waals surface area (Å²) in [6, 6.07) is 14.7. The van der Waals surface area contributed by atoms with E-state index in [0.717, 1.165) is 15.0 Å². The number of nitrogens with one attached hydrogen (secondary N) is 2. The predicted molar refractivity (Wildman–Crippen MR) is 94.7 cm³/mol. The largest absolute Gasteiger partial charge is 0.497 e. The highest BCUT2D eigenvalue weighted by atomic mass is 127. The molecule has 2 amide bonds. The number of anilines is 1. The Morgan fingerprint density at radius 3 is 2.59 bits per heavy atom. The molecule has 5 nitrogen and oxygen atoms in total. The van der Waals surface area contributed by atoms with Crippen LogP contribution in [0.2, 0.25) is 0 Å². The van der Waals surface area contributed by atoms with Gasteiger partial charge in [-0.15, -0.1) is 0 Å². The fourth-order valence-electron chi connectivity index (χ4n) is 1.73. The third-order valence-corrected chi connectivity index (χ3v) is 3.52. The van der Waals surface area contributed by atoms with Crippen LogP contribution in [0.15, 0.2) is 48.5 Å². The minimum atomic E-state index is -0.254. The molecule has 0 bridgehead atoms. The van der Waals surface area contributed by atoms with E-state index in [2.05, 4.69) is 33.2 Å². The van der Waals surface area contributed by atoms with Gasteiger partial charge in [0.15, 0.2) is 0 Å². The molecule has 0 spiro atoms. The van der Waals surface area contributed by atoms with Crippen molar-refractivity contribution in [3.05, 3.63) is 52.1 Å². The number of halogens is 1. The van der Waals surface area contributed by atoms with Gasteiger partial charge in [0.25, 0.3) is 0 Å². The van der Waals surface area contributed by atoms with Crippen LogP contribution in [0, 0.1) is 3.57 Å². The van der Waals surface area contributed by atoms with Gasteiger partial charge in [0.2, 0.25) is 0 Å². The second-order valence-corrected chi connectivity index (χ2v) is 5.66. The predicted octanol–water partition coefficient (Wildman–Crippen LogP) is 3.50. The van der Waals surface area contributed by atoms with Crippen LogP contribution in [0.5, 0.6) is 11.5 Å². The molecular weight excluding hydrogens is 395 g/mol. The van der Waals surface area contributed by atoms with Crippen LogP contribution in [-0.2, 0) is 0 Å². The Morgan fingerprint density at radius 2 is 1.86 bits per heavy atom. The minimum Gasteiger partial charge on any atom is -0.497 e. The summed E-state index contributed by atoms with van der Waals surface area (Å²) in [5.74, 6) is 1.45. The van der Waals surface area contributed by atoms with Crippen molar-refractivity contribution in [1.82, 2.24) is 5.32 Å². The van der Waals surface area contributed by atoms with Crippen LogP contribution in [0.4, 0.5) is 10.5 Å². The van der Waals surface area contributed by atoms with E-state index in [1.807, 2.05) is 42.5 Å². The Morgan fingerprint density at radius 1 is 1.14 bits per heavy atom. The monoisotopic (exact) mass is 412 g/mol. The standard InChI is InChI=1S/C16H17IN2O3/c1-21-14-3-2-4-15(11-14)22-10-9-18-16(20)19-13-7-5-12(17)6-8-13/h2-8,11H,9-10H2,1H3,(H2,18,19,20). The summed E-state index contributed by atoms with van der Waals surface area (Å²) in [7, 11) is 1.61. The van der Waals surface area contributed by atoms with Crippen molar-refractivity contribution in [1.29, 1.82) is 0 Å². The lowest BCUT2D eigenvalue weighted by molar-refractivity contribution is 0.247. The second kappa shape index (κ2) is 8.47. The fourth-order valence-corrected chi connectivity index (χ4v) is 2.09. The Labute approximate surface area is 143 Å². The van der Waals surface area contributed by atoms with Gasteiger partial charge in [0, 0.05) is 15.3 Å². The number of urea groups is 1. The van der Waals surface area contributed by atoms with E-state index >= 15 is 0 Å². The molecule has 116 valence electrons. The van der Waals surface area contributed by atoms with Crippen molar-refractivity contribution < 1.29 is 14.3 Å². The maximum absolute atomic E-state index is 11.7. The molecule has 0 aliphatic carbocycles. The molecule has 0 atom stereocenters. The maximum Gasteiger partial charge on any atom is 0.319 e. The first-order valence-corrected chi connectivity index (χ1v) is 7.82. The molecule has 0 saturated carbocycles. The molecule has 0 aliphatic rings. The molecule has 0 aromatic heterocycles. The van der Waals surface area contributed by atoms with Crippen LogP contribution in [0.25, 0.3) is 0 Å². The topological polar surface area (TPSA) is 59.6 Å². The average molecular weight is 412 g/mol. The number of amides is 2. The first-order valence-electron chi connectivity index (χ1n) is 6.74. The number of hydrogen-bond donors (Lipinski definition) is 2. The van der Waals surface area contributed by atoms with Gasteiger partial charge in [-0.2, -0.15) is 0 Å². The zero-order valence-corrected chi connectivity index (χ0v) is 14.3. The van der Waals surface area contributed by atoms with E-state index in [1.54, 1.807) is 13.2 Å². The fraction of sp³-hybridized carbons (Fsp3) is 0.188. The molecule has 2 aromatic rings. The third-order valence-electron chi connectivity index (χ3n) is 2.80. The van der Waals surface area contributed by atoms with E-state index in [-0.39, 0.29) is 6.03 Å². The number of ether oxygens (including phenoxy) is 2. The quantitative estimate of drug-likeness (QED) is 0.564. The lowest BCUT2D eigenvalue weighted by atomic mass is 10.3. The molecule has 0 fully saturated rings. The lowest BCUT2D eigenvalue weighted by Crippen LogP contribution is -2.32. The van der Waals surface area contributed by atoms with Crippen molar-refractivity contribution in [3.8, 4) is 11.5 Å². The highest BCUT2D eigenvalue weighted by Crippen LogP contribution is 2.18. The summed E-state index contributed by atoms with van der Waals surface area (Å²) in [5.41, 5.74) is 0.756. The zero-order chi connectivity index (χ0) is 15.8. The molecule has 2 rings (SSSR count). The van der Waals surface area contributed by atoms with Gasteiger partial charge >= 0.3 is 6.03 Å². The first kappa shape index (κ1) is 16.4. The molecule has 0 saturated heterocycles. The van der Waals surface area contributed by atoms with Gasteiger partial charge in [-0.1, -0.05) is 6.07 Å². The van der Waals surface area contributed by atoms with Crippen molar-refractivity contribution in [2.24, 2.45) is 0 Å². The molecule has 0 radical (unpaired) electrons.